The zero-order valence-corrected chi connectivity index (χ0v) is 9.66. The normalized spacial score (nSPS) is 41.8. The molecule has 0 spiro atoms. The molecule has 3 atom stereocenters. The third-order valence-corrected chi connectivity index (χ3v) is 3.47. The molecule has 1 unspecified atom stereocenters. The number of likely N-dealkylation sites (tertiary alicyclic amines) is 1. The minimum absolute atomic E-state index is 0.657. The van der Waals surface area contributed by atoms with Gasteiger partial charge in [-0.05, 0) is 33.9 Å². The highest BCUT2D eigenvalue weighted by Crippen LogP contribution is 2.17. The molecule has 82 valence electrons. The fraction of sp³-hybridized carbons (Fsp3) is 1.00. The van der Waals surface area contributed by atoms with Crippen molar-refractivity contribution in [3.63, 3.8) is 0 Å². The van der Waals surface area contributed by atoms with E-state index in [1.54, 1.807) is 0 Å². The summed E-state index contributed by atoms with van der Waals surface area (Å²) < 4.78 is 0. The SMILES string of the molecule is C[C@@H]1CN(C2CCN(C)C2)C[C@@H](C)N1. The van der Waals surface area contributed by atoms with Gasteiger partial charge in [-0.1, -0.05) is 0 Å². The molecule has 2 aliphatic heterocycles. The number of nitrogens with one attached hydrogen (secondary N) is 1. The molecular formula is C11H23N3. The van der Waals surface area contributed by atoms with Crippen LogP contribution in [0, 0.1) is 0 Å². The molecule has 0 bridgehead atoms. The van der Waals surface area contributed by atoms with E-state index >= 15 is 0 Å². The third kappa shape index (κ3) is 2.27. The van der Waals surface area contributed by atoms with Crippen LogP contribution in [0.5, 0.6) is 0 Å². The van der Waals surface area contributed by atoms with E-state index in [1.807, 2.05) is 0 Å². The molecule has 2 aliphatic rings. The molecule has 1 N–H and O–H groups in total. The zero-order valence-electron chi connectivity index (χ0n) is 9.66. The quantitative estimate of drug-likeness (QED) is 0.655. The molecule has 14 heavy (non-hydrogen) atoms. The van der Waals surface area contributed by atoms with Gasteiger partial charge in [-0.3, -0.25) is 4.90 Å². The van der Waals surface area contributed by atoms with Gasteiger partial charge in [0.2, 0.25) is 0 Å². The maximum Gasteiger partial charge on any atom is 0.0236 e. The Labute approximate surface area is 87.4 Å². The van der Waals surface area contributed by atoms with Crippen LogP contribution in [-0.4, -0.2) is 61.2 Å². The summed E-state index contributed by atoms with van der Waals surface area (Å²) in [5, 5.41) is 3.59. The van der Waals surface area contributed by atoms with E-state index < -0.39 is 0 Å². The van der Waals surface area contributed by atoms with Crippen molar-refractivity contribution in [3.8, 4) is 0 Å². The Morgan fingerprint density at radius 2 is 1.71 bits per heavy atom. The highest BCUT2D eigenvalue weighted by atomic mass is 15.3. The first-order chi connectivity index (χ1) is 6.65. The number of hydrogen-bond donors (Lipinski definition) is 1. The molecular weight excluding hydrogens is 174 g/mol. The molecule has 0 aliphatic carbocycles. The van der Waals surface area contributed by atoms with Gasteiger partial charge in [0.05, 0.1) is 0 Å². The van der Waals surface area contributed by atoms with E-state index in [0.717, 1.165) is 6.04 Å². The van der Waals surface area contributed by atoms with Gasteiger partial charge < -0.3 is 10.2 Å². The predicted octanol–water partition coefficient (Wildman–Crippen LogP) is 0.373. The van der Waals surface area contributed by atoms with Crippen LogP contribution in [0.3, 0.4) is 0 Å². The molecule has 0 aromatic rings. The molecule has 3 nitrogen and oxygen atoms in total. The Hall–Kier alpha value is -0.120. The van der Waals surface area contributed by atoms with Crippen LogP contribution in [0.4, 0.5) is 0 Å². The monoisotopic (exact) mass is 197 g/mol. The summed E-state index contributed by atoms with van der Waals surface area (Å²) in [7, 11) is 2.23. The number of rotatable bonds is 1. The van der Waals surface area contributed by atoms with Crippen molar-refractivity contribution in [1.82, 2.24) is 15.1 Å². The number of likely N-dealkylation sites (N-methyl/N-ethyl adjacent to an activating group) is 1. The summed E-state index contributed by atoms with van der Waals surface area (Å²) in [6.07, 6.45) is 1.36. The topological polar surface area (TPSA) is 18.5 Å². The van der Waals surface area contributed by atoms with Crippen LogP contribution in [0.25, 0.3) is 0 Å². The first kappa shape index (κ1) is 10.4. The van der Waals surface area contributed by atoms with Crippen molar-refractivity contribution in [2.75, 3.05) is 33.2 Å². The van der Waals surface area contributed by atoms with Crippen LogP contribution in [0.1, 0.15) is 20.3 Å². The van der Waals surface area contributed by atoms with E-state index in [9.17, 15) is 0 Å². The second-order valence-electron chi connectivity index (χ2n) is 5.13. The first-order valence-electron chi connectivity index (χ1n) is 5.84. The lowest BCUT2D eigenvalue weighted by molar-refractivity contribution is 0.126. The van der Waals surface area contributed by atoms with Crippen molar-refractivity contribution in [3.05, 3.63) is 0 Å². The largest absolute Gasteiger partial charge is 0.309 e. The molecule has 0 saturated carbocycles. The number of piperazine rings is 1. The fourth-order valence-corrected chi connectivity index (χ4v) is 2.88. The Morgan fingerprint density at radius 1 is 1.07 bits per heavy atom. The second-order valence-corrected chi connectivity index (χ2v) is 5.13. The molecule has 2 heterocycles. The predicted molar refractivity (Wildman–Crippen MR) is 59.5 cm³/mol. The smallest absolute Gasteiger partial charge is 0.0236 e. The molecule has 2 fully saturated rings. The lowest BCUT2D eigenvalue weighted by Crippen LogP contribution is -2.57. The maximum absolute atomic E-state index is 3.59. The third-order valence-electron chi connectivity index (χ3n) is 3.47. The molecule has 0 aromatic heterocycles. The Bertz CT molecular complexity index is 185. The minimum atomic E-state index is 0.657. The Kier molecular flexibility index (Phi) is 3.10. The van der Waals surface area contributed by atoms with Crippen molar-refractivity contribution in [2.45, 2.75) is 38.4 Å². The highest BCUT2D eigenvalue weighted by Gasteiger charge is 2.30. The zero-order chi connectivity index (χ0) is 10.1. The van der Waals surface area contributed by atoms with E-state index in [-0.39, 0.29) is 0 Å². The summed E-state index contributed by atoms with van der Waals surface area (Å²) >= 11 is 0. The van der Waals surface area contributed by atoms with Gasteiger partial charge in [0.15, 0.2) is 0 Å². The Morgan fingerprint density at radius 3 is 2.21 bits per heavy atom. The van der Waals surface area contributed by atoms with Crippen LogP contribution < -0.4 is 5.32 Å². The molecule has 0 radical (unpaired) electrons. The van der Waals surface area contributed by atoms with Crippen LogP contribution in [0.15, 0.2) is 0 Å². The van der Waals surface area contributed by atoms with Gasteiger partial charge in [0.25, 0.3) is 0 Å². The van der Waals surface area contributed by atoms with Gasteiger partial charge in [-0.2, -0.15) is 0 Å². The van der Waals surface area contributed by atoms with Crippen molar-refractivity contribution in [1.29, 1.82) is 0 Å². The Balaban J connectivity index is 1.90. The average molecular weight is 197 g/mol. The standard InChI is InChI=1S/C11H23N3/c1-9-6-14(7-10(2)12-9)11-4-5-13(3)8-11/h9-12H,4-8H2,1-3H3/t9-,10-,11?/m1/s1. The molecule has 3 heteroatoms. The van der Waals surface area contributed by atoms with E-state index in [0.29, 0.717) is 12.1 Å². The van der Waals surface area contributed by atoms with Gasteiger partial charge in [0.1, 0.15) is 0 Å². The fourth-order valence-electron chi connectivity index (χ4n) is 2.88. The maximum atomic E-state index is 3.59. The molecule has 2 rings (SSSR count). The molecule has 0 amide bonds. The van der Waals surface area contributed by atoms with Crippen molar-refractivity contribution in [2.24, 2.45) is 0 Å². The number of nitrogens with zero attached hydrogens (tertiary/aromatic N) is 2. The summed E-state index contributed by atoms with van der Waals surface area (Å²) in [6, 6.07) is 2.13. The molecule has 0 aromatic carbocycles. The number of hydrogen-bond acceptors (Lipinski definition) is 3. The first-order valence-corrected chi connectivity index (χ1v) is 5.84. The summed E-state index contributed by atoms with van der Waals surface area (Å²) in [4.78, 5) is 5.12. The van der Waals surface area contributed by atoms with Crippen LogP contribution >= 0.6 is 0 Å². The second kappa shape index (κ2) is 4.17. The summed E-state index contributed by atoms with van der Waals surface area (Å²) in [5.41, 5.74) is 0. The summed E-state index contributed by atoms with van der Waals surface area (Å²) in [6.45, 7) is 9.57. The van der Waals surface area contributed by atoms with Gasteiger partial charge in [-0.15, -0.1) is 0 Å². The van der Waals surface area contributed by atoms with Crippen LogP contribution in [0.2, 0.25) is 0 Å². The average Bonchev–Trinajstić information content (AvgIpc) is 2.50. The van der Waals surface area contributed by atoms with Crippen LogP contribution in [-0.2, 0) is 0 Å². The van der Waals surface area contributed by atoms with E-state index in [2.05, 4.69) is 36.0 Å². The summed E-state index contributed by atoms with van der Waals surface area (Å²) in [5.74, 6) is 0. The van der Waals surface area contributed by atoms with Gasteiger partial charge in [-0.25, -0.2) is 0 Å². The highest BCUT2D eigenvalue weighted by molar-refractivity contribution is 4.89. The van der Waals surface area contributed by atoms with Gasteiger partial charge >= 0.3 is 0 Å². The minimum Gasteiger partial charge on any atom is -0.309 e. The lowest BCUT2D eigenvalue weighted by atomic mass is 10.1. The van der Waals surface area contributed by atoms with Crippen molar-refractivity contribution < 1.29 is 0 Å². The lowest BCUT2D eigenvalue weighted by Gasteiger charge is -2.39. The van der Waals surface area contributed by atoms with Gasteiger partial charge in [0, 0.05) is 37.8 Å². The van der Waals surface area contributed by atoms with E-state index in [4.69, 9.17) is 0 Å². The molecule has 2 saturated heterocycles. The van der Waals surface area contributed by atoms with E-state index in [1.165, 1.54) is 32.6 Å². The van der Waals surface area contributed by atoms with Crippen molar-refractivity contribution >= 4 is 0 Å².